The van der Waals surface area contributed by atoms with E-state index >= 15 is 0 Å². The molecule has 5 nitrogen and oxygen atoms in total. The van der Waals surface area contributed by atoms with E-state index in [2.05, 4.69) is 41.9 Å². The normalized spacial score (nSPS) is 14.6. The van der Waals surface area contributed by atoms with Crippen molar-refractivity contribution in [1.29, 1.82) is 0 Å². The molecule has 5 heteroatoms. The van der Waals surface area contributed by atoms with Gasteiger partial charge in [-0.15, -0.1) is 0 Å². The Balaban J connectivity index is 1.52. The van der Waals surface area contributed by atoms with Gasteiger partial charge >= 0.3 is 0 Å². The minimum absolute atomic E-state index is 0.0771. The van der Waals surface area contributed by atoms with Crippen LogP contribution in [0.4, 0.5) is 5.69 Å². The van der Waals surface area contributed by atoms with Gasteiger partial charge in [0.25, 0.3) is 5.91 Å². The van der Waals surface area contributed by atoms with E-state index in [1.165, 1.54) is 16.8 Å². The van der Waals surface area contributed by atoms with Gasteiger partial charge < -0.3 is 19.5 Å². The molecule has 2 heterocycles. The molecule has 1 aromatic heterocycles. The zero-order valence-corrected chi connectivity index (χ0v) is 17.0. The highest BCUT2D eigenvalue weighted by molar-refractivity contribution is 6.01. The van der Waals surface area contributed by atoms with Crippen LogP contribution in [-0.4, -0.2) is 49.1 Å². The van der Waals surface area contributed by atoms with Gasteiger partial charge in [-0.05, 0) is 55.7 Å². The van der Waals surface area contributed by atoms with Gasteiger partial charge in [0.15, 0.2) is 0 Å². The summed E-state index contributed by atoms with van der Waals surface area (Å²) in [5.74, 6) is 0.864. The summed E-state index contributed by atoms with van der Waals surface area (Å²) >= 11 is 0. The number of nitrogens with one attached hydrogen (secondary N) is 1. The molecule has 1 aliphatic rings. The van der Waals surface area contributed by atoms with Gasteiger partial charge in [0, 0.05) is 48.8 Å². The molecule has 1 N–H and O–H groups in total. The molecule has 0 spiro atoms. The fourth-order valence-electron chi connectivity index (χ4n) is 4.04. The van der Waals surface area contributed by atoms with E-state index in [-0.39, 0.29) is 5.91 Å². The number of aromatic nitrogens is 1. The molecule has 0 unspecified atom stereocenters. The van der Waals surface area contributed by atoms with Crippen molar-refractivity contribution in [2.75, 3.05) is 38.2 Å². The predicted molar refractivity (Wildman–Crippen MR) is 114 cm³/mol. The van der Waals surface area contributed by atoms with E-state index in [9.17, 15) is 4.79 Å². The SMILES string of the molecule is COc1ccc2c(C)c(C(=O)N3CCN(c4cccc(C)c4C)CC3)[nH]c2c1. The Morgan fingerprint density at radius 1 is 1.00 bits per heavy atom. The van der Waals surface area contributed by atoms with E-state index in [1.54, 1.807) is 7.11 Å². The number of carbonyl (C=O) groups is 1. The number of aryl methyl sites for hydroxylation is 2. The van der Waals surface area contributed by atoms with Crippen LogP contribution in [-0.2, 0) is 0 Å². The molecule has 4 rings (SSSR count). The van der Waals surface area contributed by atoms with Crippen molar-refractivity contribution in [2.45, 2.75) is 20.8 Å². The molecular weight excluding hydrogens is 350 g/mol. The first-order valence-corrected chi connectivity index (χ1v) is 9.76. The number of rotatable bonds is 3. The van der Waals surface area contributed by atoms with Crippen LogP contribution >= 0.6 is 0 Å². The molecule has 1 saturated heterocycles. The summed E-state index contributed by atoms with van der Waals surface area (Å²) < 4.78 is 5.30. The summed E-state index contributed by atoms with van der Waals surface area (Å²) in [4.78, 5) is 20.8. The molecule has 0 bridgehead atoms. The number of hydrogen-bond donors (Lipinski definition) is 1. The minimum Gasteiger partial charge on any atom is -0.497 e. The Morgan fingerprint density at radius 2 is 1.75 bits per heavy atom. The van der Waals surface area contributed by atoms with Crippen molar-refractivity contribution < 1.29 is 9.53 Å². The fraction of sp³-hybridized carbons (Fsp3) is 0.348. The molecule has 0 saturated carbocycles. The summed E-state index contributed by atoms with van der Waals surface area (Å²) in [5, 5.41) is 1.07. The van der Waals surface area contributed by atoms with E-state index in [0.717, 1.165) is 48.4 Å². The third-order valence-electron chi connectivity index (χ3n) is 5.96. The van der Waals surface area contributed by atoms with Gasteiger partial charge in [-0.1, -0.05) is 12.1 Å². The summed E-state index contributed by atoms with van der Waals surface area (Å²) in [6, 6.07) is 12.3. The molecule has 0 atom stereocenters. The number of piperazine rings is 1. The average molecular weight is 377 g/mol. The van der Waals surface area contributed by atoms with Gasteiger partial charge in [-0.25, -0.2) is 0 Å². The van der Waals surface area contributed by atoms with Gasteiger partial charge in [0.1, 0.15) is 11.4 Å². The summed E-state index contributed by atoms with van der Waals surface area (Å²) in [7, 11) is 1.65. The lowest BCUT2D eigenvalue weighted by molar-refractivity contribution is 0.0741. The number of nitrogens with zero attached hydrogens (tertiary/aromatic N) is 2. The van der Waals surface area contributed by atoms with E-state index < -0.39 is 0 Å². The van der Waals surface area contributed by atoms with E-state index in [0.29, 0.717) is 5.69 Å². The minimum atomic E-state index is 0.0771. The second-order valence-electron chi connectivity index (χ2n) is 7.53. The van der Waals surface area contributed by atoms with Crippen molar-refractivity contribution in [3.8, 4) is 5.75 Å². The zero-order chi connectivity index (χ0) is 19.8. The molecule has 0 aliphatic carbocycles. The average Bonchev–Trinajstić information content (AvgIpc) is 3.05. The quantitative estimate of drug-likeness (QED) is 0.749. The lowest BCUT2D eigenvalue weighted by Crippen LogP contribution is -2.49. The maximum Gasteiger partial charge on any atom is 0.270 e. The highest BCUT2D eigenvalue weighted by Crippen LogP contribution is 2.28. The second kappa shape index (κ2) is 7.23. The molecule has 3 aromatic rings. The maximum atomic E-state index is 13.2. The molecule has 1 amide bonds. The zero-order valence-electron chi connectivity index (χ0n) is 17.0. The first-order valence-electron chi connectivity index (χ1n) is 9.76. The summed E-state index contributed by atoms with van der Waals surface area (Å²) in [6.45, 7) is 9.47. The van der Waals surface area contributed by atoms with Crippen LogP contribution in [0.25, 0.3) is 10.9 Å². The van der Waals surface area contributed by atoms with Crippen LogP contribution in [0.5, 0.6) is 5.75 Å². The Bertz CT molecular complexity index is 1030. The number of ether oxygens (including phenoxy) is 1. The highest BCUT2D eigenvalue weighted by atomic mass is 16.5. The van der Waals surface area contributed by atoms with Crippen LogP contribution in [0.3, 0.4) is 0 Å². The summed E-state index contributed by atoms with van der Waals surface area (Å²) in [5.41, 5.74) is 6.53. The first-order chi connectivity index (χ1) is 13.5. The molecule has 146 valence electrons. The molecule has 0 radical (unpaired) electrons. The number of anilines is 1. The van der Waals surface area contributed by atoms with Gasteiger partial charge in [-0.3, -0.25) is 4.79 Å². The number of methoxy groups -OCH3 is 1. The Hall–Kier alpha value is -2.95. The number of benzene rings is 2. The fourth-order valence-corrected chi connectivity index (χ4v) is 4.04. The van der Waals surface area contributed by atoms with Crippen molar-refractivity contribution in [3.05, 3.63) is 58.8 Å². The number of carbonyl (C=O) groups excluding carboxylic acids is 1. The van der Waals surface area contributed by atoms with Crippen LogP contribution in [0.1, 0.15) is 27.2 Å². The van der Waals surface area contributed by atoms with Crippen LogP contribution < -0.4 is 9.64 Å². The highest BCUT2D eigenvalue weighted by Gasteiger charge is 2.25. The smallest absolute Gasteiger partial charge is 0.270 e. The molecule has 1 aliphatic heterocycles. The topological polar surface area (TPSA) is 48.6 Å². The predicted octanol–water partition coefficient (Wildman–Crippen LogP) is 4.06. The Kier molecular flexibility index (Phi) is 4.75. The number of hydrogen-bond acceptors (Lipinski definition) is 3. The molecule has 1 fully saturated rings. The van der Waals surface area contributed by atoms with Crippen molar-refractivity contribution in [3.63, 3.8) is 0 Å². The third kappa shape index (κ3) is 3.11. The Labute approximate surface area is 165 Å². The van der Waals surface area contributed by atoms with Crippen LogP contribution in [0.2, 0.25) is 0 Å². The van der Waals surface area contributed by atoms with Crippen molar-refractivity contribution in [1.82, 2.24) is 9.88 Å². The van der Waals surface area contributed by atoms with Crippen molar-refractivity contribution in [2.24, 2.45) is 0 Å². The van der Waals surface area contributed by atoms with Crippen LogP contribution in [0, 0.1) is 20.8 Å². The largest absolute Gasteiger partial charge is 0.497 e. The standard InChI is InChI=1S/C23H27N3O2/c1-15-6-5-7-21(16(15)2)25-10-12-26(13-11-25)23(27)22-17(3)19-9-8-18(28-4)14-20(19)24-22/h5-9,14,24H,10-13H2,1-4H3. The molecule has 2 aromatic carbocycles. The summed E-state index contributed by atoms with van der Waals surface area (Å²) in [6.07, 6.45) is 0. The van der Waals surface area contributed by atoms with E-state index in [1.807, 2.05) is 30.0 Å². The monoisotopic (exact) mass is 377 g/mol. The Morgan fingerprint density at radius 3 is 2.46 bits per heavy atom. The third-order valence-corrected chi connectivity index (χ3v) is 5.96. The first kappa shape index (κ1) is 18.4. The number of aromatic amines is 1. The van der Waals surface area contributed by atoms with Crippen molar-refractivity contribution >= 4 is 22.5 Å². The van der Waals surface area contributed by atoms with E-state index in [4.69, 9.17) is 4.74 Å². The number of fused-ring (bicyclic) bond motifs is 1. The number of H-pyrrole nitrogens is 1. The molecule has 28 heavy (non-hydrogen) atoms. The van der Waals surface area contributed by atoms with Gasteiger partial charge in [0.2, 0.25) is 0 Å². The number of amides is 1. The van der Waals surface area contributed by atoms with Gasteiger partial charge in [0.05, 0.1) is 7.11 Å². The van der Waals surface area contributed by atoms with Gasteiger partial charge in [-0.2, -0.15) is 0 Å². The maximum absolute atomic E-state index is 13.2. The van der Waals surface area contributed by atoms with Crippen LogP contribution in [0.15, 0.2) is 36.4 Å². The molecular formula is C23H27N3O2. The lowest BCUT2D eigenvalue weighted by atomic mass is 10.1. The lowest BCUT2D eigenvalue weighted by Gasteiger charge is -2.37. The second-order valence-corrected chi connectivity index (χ2v) is 7.53.